The largest absolute Gasteiger partial charge is 0.461 e. The Morgan fingerprint density at radius 2 is 1.84 bits per heavy atom. The van der Waals surface area contributed by atoms with E-state index in [2.05, 4.69) is 5.32 Å². The molecule has 2 aromatic carbocycles. The second-order valence-electron chi connectivity index (χ2n) is 10.7. The van der Waals surface area contributed by atoms with E-state index in [1.165, 1.54) is 17.9 Å². The number of carbonyl (C=O) groups excluding carboxylic acids is 2. The number of sulfone groups is 1. The lowest BCUT2D eigenvalue weighted by molar-refractivity contribution is -0.120. The molecule has 1 N–H and O–H groups in total. The van der Waals surface area contributed by atoms with Crippen molar-refractivity contribution >= 4 is 27.3 Å². The zero-order valence-corrected chi connectivity index (χ0v) is 22.9. The van der Waals surface area contributed by atoms with Crippen LogP contribution >= 0.6 is 0 Å². The molecule has 38 heavy (non-hydrogen) atoms. The van der Waals surface area contributed by atoms with Gasteiger partial charge in [-0.15, -0.1) is 0 Å². The van der Waals surface area contributed by atoms with Gasteiger partial charge in [0.05, 0.1) is 23.1 Å². The van der Waals surface area contributed by atoms with Gasteiger partial charge in [-0.05, 0) is 76.3 Å². The topological polar surface area (TPSA) is 92.8 Å². The van der Waals surface area contributed by atoms with Crippen LogP contribution < -0.4 is 15.0 Å². The summed E-state index contributed by atoms with van der Waals surface area (Å²) in [7, 11) is -3.12. The zero-order chi connectivity index (χ0) is 27.8. The molecule has 1 fully saturated rings. The van der Waals surface area contributed by atoms with Crippen LogP contribution in [0.5, 0.6) is 5.75 Å². The van der Waals surface area contributed by atoms with Gasteiger partial charge in [-0.1, -0.05) is 12.1 Å². The van der Waals surface area contributed by atoms with Gasteiger partial charge >= 0.3 is 0 Å². The van der Waals surface area contributed by atoms with E-state index in [0.29, 0.717) is 29.0 Å². The maximum absolute atomic E-state index is 15.5. The summed E-state index contributed by atoms with van der Waals surface area (Å²) >= 11 is 0. The van der Waals surface area contributed by atoms with Gasteiger partial charge in [-0.3, -0.25) is 9.59 Å². The fourth-order valence-electron chi connectivity index (χ4n) is 5.21. The molecule has 2 aliphatic heterocycles. The quantitative estimate of drug-likeness (QED) is 0.566. The van der Waals surface area contributed by atoms with Crippen LogP contribution in [0.15, 0.2) is 36.4 Å². The molecule has 0 radical (unpaired) electrons. The number of hydrogen-bond donors (Lipinski definition) is 1. The van der Waals surface area contributed by atoms with Gasteiger partial charge in [0, 0.05) is 29.6 Å². The number of halogens is 2. The number of fused-ring (bicyclic) bond motifs is 1. The number of ether oxygens (including phenoxy) is 1. The molecule has 2 atom stereocenters. The fourth-order valence-corrected chi connectivity index (χ4v) is 6.94. The average molecular weight is 549 g/mol. The maximum Gasteiger partial charge on any atom is 0.251 e. The first-order valence-electron chi connectivity index (χ1n) is 12.9. The first-order valence-corrected chi connectivity index (χ1v) is 14.7. The highest BCUT2D eigenvalue weighted by Crippen LogP contribution is 2.38. The molecule has 2 aliphatic rings. The third-order valence-corrected chi connectivity index (χ3v) is 8.98. The molecule has 206 valence electrons. The predicted octanol–water partition coefficient (Wildman–Crippen LogP) is 4.69. The zero-order valence-electron chi connectivity index (χ0n) is 22.1. The number of nitrogens with one attached hydrogen (secondary N) is 1. The van der Waals surface area contributed by atoms with Gasteiger partial charge in [-0.25, -0.2) is 17.2 Å². The Morgan fingerprint density at radius 3 is 2.47 bits per heavy atom. The maximum atomic E-state index is 15.5. The Balaban J connectivity index is 1.65. The van der Waals surface area contributed by atoms with Gasteiger partial charge in [0.15, 0.2) is 0 Å². The summed E-state index contributed by atoms with van der Waals surface area (Å²) in [6.45, 7) is 6.70. The van der Waals surface area contributed by atoms with Crippen molar-refractivity contribution in [2.24, 2.45) is 0 Å². The summed E-state index contributed by atoms with van der Waals surface area (Å²) in [6, 6.07) is 9.10. The Labute approximate surface area is 222 Å². The van der Waals surface area contributed by atoms with E-state index < -0.39 is 39.4 Å². The highest BCUT2D eigenvalue weighted by molar-refractivity contribution is 7.91. The normalized spacial score (nSPS) is 21.4. The lowest BCUT2D eigenvalue weighted by Gasteiger charge is -2.34. The van der Waals surface area contributed by atoms with Crippen LogP contribution in [0.3, 0.4) is 0 Å². The highest BCUT2D eigenvalue weighted by Gasteiger charge is 2.37. The number of amides is 2. The van der Waals surface area contributed by atoms with Crippen LogP contribution in [0, 0.1) is 5.82 Å². The molecule has 0 spiro atoms. The predicted molar refractivity (Wildman–Crippen MR) is 141 cm³/mol. The lowest BCUT2D eigenvalue weighted by atomic mass is 9.92. The van der Waals surface area contributed by atoms with Crippen molar-refractivity contribution in [2.45, 2.75) is 77.2 Å². The van der Waals surface area contributed by atoms with Crippen molar-refractivity contribution in [1.29, 1.82) is 0 Å². The van der Waals surface area contributed by atoms with Crippen molar-refractivity contribution in [2.75, 3.05) is 16.4 Å². The van der Waals surface area contributed by atoms with Gasteiger partial charge in [0.25, 0.3) is 5.91 Å². The number of anilines is 1. The van der Waals surface area contributed by atoms with Gasteiger partial charge in [0.2, 0.25) is 12.3 Å². The second-order valence-corrected chi connectivity index (χ2v) is 13.1. The van der Waals surface area contributed by atoms with Crippen molar-refractivity contribution in [3.63, 3.8) is 0 Å². The molecule has 0 bridgehead atoms. The Kier molecular flexibility index (Phi) is 7.84. The Hall–Kier alpha value is -3.01. The molecule has 4 rings (SSSR count). The van der Waals surface area contributed by atoms with Crippen LogP contribution in [0.1, 0.15) is 74.4 Å². The van der Waals surface area contributed by atoms with Crippen molar-refractivity contribution in [1.82, 2.24) is 5.32 Å². The molecule has 7 nitrogen and oxygen atoms in total. The van der Waals surface area contributed by atoms with E-state index in [1.807, 2.05) is 13.8 Å². The van der Waals surface area contributed by atoms with E-state index in [9.17, 15) is 22.4 Å². The minimum Gasteiger partial charge on any atom is -0.461 e. The highest BCUT2D eigenvalue weighted by atomic mass is 32.2. The SMILES string of the molecule is CC(F)Oc1cccc(C2CCc3c(F)cc(C(=O)NC4(C)CCS(=O)(=O)CC4)cc3N(C(C)C)C2=O)c1. The molecule has 0 aliphatic carbocycles. The molecular formula is C28H34F2N2O5S. The molecule has 0 aromatic heterocycles. The molecule has 2 amide bonds. The number of nitrogens with zero attached hydrogens (tertiary/aromatic N) is 1. The summed E-state index contributed by atoms with van der Waals surface area (Å²) in [6.07, 6.45) is -0.361. The fraction of sp³-hybridized carbons (Fsp3) is 0.500. The second kappa shape index (κ2) is 10.6. The number of alkyl halides is 1. The number of benzene rings is 2. The smallest absolute Gasteiger partial charge is 0.251 e. The van der Waals surface area contributed by atoms with Gasteiger partial charge in [-0.2, -0.15) is 0 Å². The summed E-state index contributed by atoms with van der Waals surface area (Å²) in [5.74, 6) is -1.68. The minimum absolute atomic E-state index is 0.0180. The van der Waals surface area contributed by atoms with Crippen molar-refractivity contribution < 1.29 is 31.5 Å². The monoisotopic (exact) mass is 548 g/mol. The van der Waals surface area contributed by atoms with E-state index in [4.69, 9.17) is 4.74 Å². The van der Waals surface area contributed by atoms with Crippen LogP contribution in [0.25, 0.3) is 0 Å². The van der Waals surface area contributed by atoms with Crippen molar-refractivity contribution in [3.05, 3.63) is 58.9 Å². The van der Waals surface area contributed by atoms with Crippen LogP contribution in [-0.4, -0.2) is 49.7 Å². The molecule has 1 saturated heterocycles. The van der Waals surface area contributed by atoms with Gasteiger partial charge in [0.1, 0.15) is 21.4 Å². The van der Waals surface area contributed by atoms with E-state index in [1.54, 1.807) is 37.3 Å². The first kappa shape index (κ1) is 28.0. The van der Waals surface area contributed by atoms with Crippen molar-refractivity contribution in [3.8, 4) is 5.75 Å². The number of rotatable bonds is 6. The number of carbonyl (C=O) groups is 2. The van der Waals surface area contributed by atoms with E-state index in [0.717, 1.165) is 0 Å². The Bertz CT molecular complexity index is 1330. The van der Waals surface area contributed by atoms with E-state index in [-0.39, 0.29) is 48.3 Å². The summed E-state index contributed by atoms with van der Waals surface area (Å²) in [5.41, 5.74) is 0.684. The van der Waals surface area contributed by atoms with Crippen LogP contribution in [0.2, 0.25) is 0 Å². The molecule has 10 heteroatoms. The van der Waals surface area contributed by atoms with Crippen LogP contribution in [0.4, 0.5) is 14.5 Å². The van der Waals surface area contributed by atoms with Crippen LogP contribution in [-0.2, 0) is 21.1 Å². The van der Waals surface area contributed by atoms with E-state index >= 15 is 4.39 Å². The molecule has 2 heterocycles. The lowest BCUT2D eigenvalue weighted by Crippen LogP contribution is -2.51. The Morgan fingerprint density at radius 1 is 1.16 bits per heavy atom. The molecule has 2 unspecified atom stereocenters. The summed E-state index contributed by atoms with van der Waals surface area (Å²) in [5, 5.41) is 2.89. The molecule has 0 saturated carbocycles. The third-order valence-electron chi connectivity index (χ3n) is 7.33. The summed E-state index contributed by atoms with van der Waals surface area (Å²) in [4.78, 5) is 28.6. The molecule has 2 aromatic rings. The average Bonchev–Trinajstić information content (AvgIpc) is 2.97. The first-order chi connectivity index (χ1) is 17.8. The summed E-state index contributed by atoms with van der Waals surface area (Å²) < 4.78 is 57.7. The van der Waals surface area contributed by atoms with Gasteiger partial charge < -0.3 is 15.0 Å². The minimum atomic E-state index is -3.12. The third kappa shape index (κ3) is 6.00. The number of hydrogen-bond acceptors (Lipinski definition) is 5. The standard InChI is InChI=1S/C28H34F2N2O5S/c1-17(2)32-25-16-20(26(33)31-28(4)10-12-38(35,36)13-11-28)15-24(30)23(25)9-8-22(27(32)34)19-6-5-7-21(14-19)37-18(3)29/h5-7,14-18,22H,8-13H2,1-4H3,(H,31,33). The molecular weight excluding hydrogens is 514 g/mol.